The van der Waals surface area contributed by atoms with Crippen LogP contribution in [0, 0.1) is 6.08 Å². The van der Waals surface area contributed by atoms with E-state index in [1.807, 2.05) is 48.5 Å². The van der Waals surface area contributed by atoms with E-state index in [4.69, 9.17) is 0 Å². The zero-order chi connectivity index (χ0) is 49.3. The summed E-state index contributed by atoms with van der Waals surface area (Å²) in [5.74, 6) is 1.39. The maximum absolute atomic E-state index is 11.3. The predicted octanol–water partition coefficient (Wildman–Crippen LogP) is 16.6. The Morgan fingerprint density at radius 3 is 1.30 bits per heavy atom. The lowest BCUT2D eigenvalue weighted by molar-refractivity contribution is 0.430. The van der Waals surface area contributed by atoms with Crippen molar-refractivity contribution in [1.82, 2.24) is 0 Å². The molecule has 1 aliphatic rings. The minimum Gasteiger partial charge on any atom is -0.507 e. The van der Waals surface area contributed by atoms with Gasteiger partial charge in [-0.2, -0.15) is 0 Å². The molecule has 5 aromatic carbocycles. The van der Waals surface area contributed by atoms with Gasteiger partial charge < -0.3 is 15.3 Å². The fraction of sp³-hybridized carbons (Fsp3) is 0.400. The number of benzene rings is 5. The summed E-state index contributed by atoms with van der Waals surface area (Å²) in [6, 6.07) is 56.6. The number of para-hydroxylation sites is 2. The van der Waals surface area contributed by atoms with Crippen LogP contribution in [0.4, 0.5) is 0 Å². The lowest BCUT2D eigenvalue weighted by Crippen LogP contribution is -2.45. The molecule has 0 atom stereocenters. The number of allylic oxidation sites excluding steroid dienone is 5. The summed E-state index contributed by atoms with van der Waals surface area (Å²) < 4.78 is 0. The molecule has 3 N–H and O–H groups in total. The smallest absolute Gasteiger partial charge is 0.234 e. The molecule has 0 fully saturated rings. The van der Waals surface area contributed by atoms with Crippen molar-refractivity contribution in [2.24, 2.45) is 0 Å². The minimum atomic E-state index is -1.65. The van der Waals surface area contributed by atoms with Gasteiger partial charge in [0.25, 0.3) is 0 Å². The van der Waals surface area contributed by atoms with E-state index in [9.17, 15) is 15.3 Å². The second-order valence-corrected chi connectivity index (χ2v) is 39.7. The van der Waals surface area contributed by atoms with Gasteiger partial charge in [-0.05, 0) is 52.6 Å². The van der Waals surface area contributed by atoms with Crippen LogP contribution in [-0.2, 0) is 0 Å². The summed E-state index contributed by atoms with van der Waals surface area (Å²) in [7, 11) is -5.98. The summed E-state index contributed by atoms with van der Waals surface area (Å²) in [6.45, 7) is 27.7. The third kappa shape index (κ3) is 12.0. The topological polar surface area (TPSA) is 60.7 Å². The van der Waals surface area contributed by atoms with Crippen LogP contribution in [0.2, 0.25) is 72.5 Å². The highest BCUT2D eigenvalue weighted by atomic mass is 28.3. The van der Waals surface area contributed by atoms with E-state index in [2.05, 4.69) is 168 Å². The highest BCUT2D eigenvalue weighted by molar-refractivity contribution is 6.93. The largest absolute Gasteiger partial charge is 0.507 e. The molecule has 6 rings (SSSR count). The molecule has 0 heterocycles. The zero-order valence-corrected chi connectivity index (χ0v) is 47.5. The molecule has 3 nitrogen and oxygen atoms in total. The molecule has 358 valence electrons. The number of rotatable bonds is 19. The number of aliphatic hydroxyl groups is 1. The highest BCUT2D eigenvalue weighted by Gasteiger charge is 2.42. The van der Waals surface area contributed by atoms with Gasteiger partial charge in [0.05, 0.1) is 29.4 Å². The lowest BCUT2D eigenvalue weighted by Gasteiger charge is -2.30. The molecule has 5 aromatic rings. The molecule has 0 amide bonds. The Morgan fingerprint density at radius 1 is 0.388 bits per heavy atom. The molecule has 0 saturated carbocycles. The maximum Gasteiger partial charge on any atom is 0.234 e. The van der Waals surface area contributed by atoms with Crippen LogP contribution in [-0.4, -0.2) is 47.6 Å². The van der Waals surface area contributed by atoms with Crippen molar-refractivity contribution in [1.29, 1.82) is 0 Å². The van der Waals surface area contributed by atoms with Gasteiger partial charge in [0.15, 0.2) is 8.07 Å². The van der Waals surface area contributed by atoms with Crippen LogP contribution in [0.25, 0.3) is 27.8 Å². The fourth-order valence-electron chi connectivity index (χ4n) is 11.1. The second-order valence-electron chi connectivity index (χ2n) is 18.7. The number of hydrogen-bond donors (Lipinski definition) is 3. The van der Waals surface area contributed by atoms with Gasteiger partial charge in [0, 0.05) is 22.8 Å². The van der Waals surface area contributed by atoms with Crippen molar-refractivity contribution in [3.05, 3.63) is 156 Å². The Kier molecular flexibility index (Phi) is 21.2. The van der Waals surface area contributed by atoms with Crippen LogP contribution < -0.4 is 15.6 Å². The van der Waals surface area contributed by atoms with E-state index in [0.29, 0.717) is 17.3 Å². The van der Waals surface area contributed by atoms with E-state index in [1.165, 1.54) is 93.3 Å². The van der Waals surface area contributed by atoms with Gasteiger partial charge >= 0.3 is 0 Å². The quantitative estimate of drug-likeness (QED) is 0.0571. The standard InChI is InChI=1S/C24H36OSi2.2C18H24OSi/c1-7-26(8-2,9-3)21-16-13-15-20(19-21)22-17-14-18-23(24(22)25)27(10-4,11-5)12-6;1-4-20(5-2,6-3)16-11-9-10-15(14-16)17-12-7-8-13-18(17)19;1-4-20(5-2,6-3)17-14-10-13-16(18(17)19)15-11-8-7-9-12-15/h13,15-19H,7-12H2,1-6H3;2*7-14,19H,4-6H2,1-3H3/p+1. The first kappa shape index (κ1) is 55.1. The van der Waals surface area contributed by atoms with Crippen LogP contribution in [0.5, 0.6) is 11.5 Å². The van der Waals surface area contributed by atoms with Crippen molar-refractivity contribution in [2.75, 3.05) is 0 Å². The molecule has 0 radical (unpaired) electrons. The first-order chi connectivity index (χ1) is 32.3. The second kappa shape index (κ2) is 25.7. The van der Waals surface area contributed by atoms with E-state index < -0.39 is 32.3 Å². The van der Waals surface area contributed by atoms with Crippen molar-refractivity contribution in [3.63, 3.8) is 0 Å². The van der Waals surface area contributed by atoms with Crippen molar-refractivity contribution in [3.8, 4) is 33.8 Å². The van der Waals surface area contributed by atoms with E-state index in [-0.39, 0.29) is 0 Å². The molecular formula is C60H85O3Si4+. The average molecular weight is 967 g/mol. The molecule has 7 heteroatoms. The van der Waals surface area contributed by atoms with Gasteiger partial charge in [-0.25, -0.2) is 0 Å². The number of aromatic hydroxyl groups is 2. The molecule has 0 saturated heterocycles. The van der Waals surface area contributed by atoms with Crippen molar-refractivity contribution >= 4 is 53.4 Å². The third-order valence-corrected chi connectivity index (χ3v) is 39.2. The summed E-state index contributed by atoms with van der Waals surface area (Å²) in [6.07, 6.45) is 7.40. The number of hydrogen-bond acceptors (Lipinski definition) is 3. The molecule has 1 aliphatic carbocycles. The van der Waals surface area contributed by atoms with Crippen molar-refractivity contribution in [2.45, 2.75) is 156 Å². The van der Waals surface area contributed by atoms with Gasteiger partial charge in [-0.1, -0.05) is 251 Å². The van der Waals surface area contributed by atoms with E-state index in [0.717, 1.165) is 33.4 Å². The predicted molar refractivity (Wildman–Crippen MR) is 307 cm³/mol. The Hall–Kier alpha value is -4.50. The Bertz CT molecular complexity index is 2370. The van der Waals surface area contributed by atoms with Crippen LogP contribution in [0.15, 0.2) is 144 Å². The first-order valence-corrected chi connectivity index (χ1v) is 36.4. The molecule has 0 bridgehead atoms. The van der Waals surface area contributed by atoms with Gasteiger partial charge in [0.2, 0.25) is 5.76 Å². The monoisotopic (exact) mass is 966 g/mol. The summed E-state index contributed by atoms with van der Waals surface area (Å²) in [5, 5.41) is 37.6. The third-order valence-electron chi connectivity index (χ3n) is 16.8. The number of phenolic OH excluding ortho intramolecular Hbond substituents is 2. The normalized spacial score (nSPS) is 12.9. The zero-order valence-electron chi connectivity index (χ0n) is 43.5. The minimum absolute atomic E-state index is 0.362. The van der Waals surface area contributed by atoms with E-state index >= 15 is 0 Å². The summed E-state index contributed by atoms with van der Waals surface area (Å²) in [5.41, 5.74) is 6.25. The molecular weight excluding hydrogens is 881 g/mol. The molecule has 0 spiro atoms. The van der Waals surface area contributed by atoms with Gasteiger partial charge in [0.1, 0.15) is 29.2 Å². The van der Waals surface area contributed by atoms with Gasteiger partial charge in [-0.3, -0.25) is 0 Å². The maximum atomic E-state index is 11.3. The molecule has 67 heavy (non-hydrogen) atoms. The lowest BCUT2D eigenvalue weighted by atomic mass is 10.0. The van der Waals surface area contributed by atoms with Crippen LogP contribution in [0.1, 0.15) is 88.6 Å². The van der Waals surface area contributed by atoms with Crippen molar-refractivity contribution < 1.29 is 15.3 Å². The fourth-order valence-corrected chi connectivity index (χ4v) is 25.7. The van der Waals surface area contributed by atoms with E-state index in [1.54, 1.807) is 6.07 Å². The summed E-state index contributed by atoms with van der Waals surface area (Å²) in [4.78, 5) is 0. The SMILES string of the molecule is CC[Si](CC)(CC)C1=C[C+]=CC(c2cccc([Si](CC)(CC)CC)c2)=C1O.CC[Si](CC)(CC)c1cccc(-c2ccccc2)c1O.CC[Si](CC)(CC)c1cccc(-c2ccccc2O)c1. The first-order valence-electron chi connectivity index (χ1n) is 25.9. The highest BCUT2D eigenvalue weighted by Crippen LogP contribution is 2.38. The Labute approximate surface area is 411 Å². The Balaban J connectivity index is 0.000000223. The van der Waals surface area contributed by atoms with Gasteiger partial charge in [-0.15, -0.1) is 0 Å². The van der Waals surface area contributed by atoms with Crippen LogP contribution >= 0.6 is 0 Å². The summed E-state index contributed by atoms with van der Waals surface area (Å²) >= 11 is 0. The molecule has 0 unspecified atom stereocenters. The molecule has 0 aliphatic heterocycles. The average Bonchev–Trinajstić information content (AvgIpc) is 3.38. The Morgan fingerprint density at radius 2 is 0.806 bits per heavy atom. The van der Waals surface area contributed by atoms with Crippen LogP contribution in [0.3, 0.4) is 0 Å². The number of phenols is 2. The molecule has 0 aromatic heterocycles. The number of aliphatic hydroxyl groups excluding tert-OH is 1.